The Hall–Kier alpha value is 0.127. The Morgan fingerprint density at radius 3 is 1.27 bits per heavy atom. The molecular formula is C21H46O3SSi. The molecule has 0 fully saturated rings. The minimum atomic E-state index is -3.36. The number of rotatable bonds is 19. The van der Waals surface area contributed by atoms with Gasteiger partial charge in [0.25, 0.3) is 10.1 Å². The Kier molecular flexibility index (Phi) is 16.2. The summed E-state index contributed by atoms with van der Waals surface area (Å²) in [6.07, 6.45) is 15.1. The van der Waals surface area contributed by atoms with Crippen molar-refractivity contribution in [2.24, 2.45) is 0 Å². The largest absolute Gasteiger partial charge is 0.315 e. The van der Waals surface area contributed by atoms with Gasteiger partial charge in [0.05, 0.1) is 5.75 Å². The van der Waals surface area contributed by atoms with E-state index in [-0.39, 0.29) is 5.75 Å². The van der Waals surface area contributed by atoms with Crippen molar-refractivity contribution >= 4 is 18.4 Å². The predicted molar refractivity (Wildman–Crippen MR) is 118 cm³/mol. The highest BCUT2D eigenvalue weighted by Crippen LogP contribution is 2.32. The minimum Gasteiger partial charge on any atom is -0.315 e. The van der Waals surface area contributed by atoms with Crippen LogP contribution in [0.4, 0.5) is 0 Å². The van der Waals surface area contributed by atoms with E-state index < -0.39 is 18.4 Å². The molecule has 0 saturated carbocycles. The van der Waals surface area contributed by atoms with Gasteiger partial charge in [0.2, 0.25) is 8.32 Å². The van der Waals surface area contributed by atoms with Crippen LogP contribution in [0.2, 0.25) is 18.1 Å². The van der Waals surface area contributed by atoms with E-state index in [0.29, 0.717) is 6.42 Å². The van der Waals surface area contributed by atoms with Crippen LogP contribution in [0.25, 0.3) is 0 Å². The predicted octanol–water partition coefficient (Wildman–Crippen LogP) is 7.43. The maximum atomic E-state index is 12.5. The van der Waals surface area contributed by atoms with Crippen molar-refractivity contribution in [1.29, 1.82) is 0 Å². The fraction of sp³-hybridized carbons (Fsp3) is 1.00. The first-order valence-corrected chi connectivity index (χ1v) is 15.5. The van der Waals surface area contributed by atoms with Gasteiger partial charge >= 0.3 is 0 Å². The van der Waals surface area contributed by atoms with E-state index in [2.05, 4.69) is 20.8 Å². The SMILES string of the molecule is CCCCCC[Si](CCCCCC)(CCCCCC)OS(=O)(=O)CCC. The Balaban J connectivity index is 5.08. The lowest BCUT2D eigenvalue weighted by molar-refractivity contribution is 0.462. The van der Waals surface area contributed by atoms with Crippen molar-refractivity contribution in [2.45, 2.75) is 129 Å². The molecule has 0 aliphatic heterocycles. The van der Waals surface area contributed by atoms with Gasteiger partial charge < -0.3 is 3.87 Å². The van der Waals surface area contributed by atoms with Crippen molar-refractivity contribution in [3.8, 4) is 0 Å². The molecule has 0 heterocycles. The molecule has 0 unspecified atom stereocenters. The molecule has 3 nitrogen and oxygen atoms in total. The van der Waals surface area contributed by atoms with E-state index in [1.165, 1.54) is 57.8 Å². The zero-order valence-electron chi connectivity index (χ0n) is 18.2. The first kappa shape index (κ1) is 26.1. The van der Waals surface area contributed by atoms with Crippen LogP contribution in [0.15, 0.2) is 0 Å². The van der Waals surface area contributed by atoms with E-state index in [1.807, 2.05) is 6.92 Å². The quantitative estimate of drug-likeness (QED) is 0.165. The molecule has 0 aromatic carbocycles. The Morgan fingerprint density at radius 1 is 0.577 bits per heavy atom. The monoisotopic (exact) mass is 406 g/mol. The van der Waals surface area contributed by atoms with Gasteiger partial charge in [0, 0.05) is 0 Å². The van der Waals surface area contributed by atoms with Crippen LogP contribution < -0.4 is 0 Å². The van der Waals surface area contributed by atoms with Gasteiger partial charge in [-0.1, -0.05) is 105 Å². The maximum absolute atomic E-state index is 12.5. The molecule has 0 aromatic rings. The molecule has 0 radical (unpaired) electrons. The fourth-order valence-corrected chi connectivity index (χ4v) is 11.1. The summed E-state index contributed by atoms with van der Waals surface area (Å²) >= 11 is 0. The molecule has 0 atom stereocenters. The summed E-state index contributed by atoms with van der Waals surface area (Å²) < 4.78 is 31.2. The Morgan fingerprint density at radius 2 is 0.962 bits per heavy atom. The van der Waals surface area contributed by atoms with Crippen LogP contribution in [0, 0.1) is 0 Å². The lowest BCUT2D eigenvalue weighted by Gasteiger charge is -2.31. The zero-order valence-corrected chi connectivity index (χ0v) is 20.0. The van der Waals surface area contributed by atoms with Crippen LogP contribution in [0.1, 0.15) is 111 Å². The highest BCUT2D eigenvalue weighted by molar-refractivity contribution is 7.87. The number of unbranched alkanes of at least 4 members (excludes halogenated alkanes) is 9. The highest BCUT2D eigenvalue weighted by atomic mass is 32.2. The lowest BCUT2D eigenvalue weighted by atomic mass is 10.2. The fourth-order valence-electron chi connectivity index (χ4n) is 3.68. The molecule has 0 saturated heterocycles. The standard InChI is InChI=1S/C21H46O3SSi/c1-5-9-12-15-19-26(20-16-13-10-6-2,21-17-14-11-7-3)24-25(22,23)18-8-4/h5-21H2,1-4H3. The second-order valence-electron chi connectivity index (χ2n) is 7.96. The molecule has 0 N–H and O–H groups in total. The molecule has 0 aromatic heterocycles. The summed E-state index contributed by atoms with van der Waals surface area (Å²) in [4.78, 5) is 0. The van der Waals surface area contributed by atoms with Gasteiger partial charge in [-0.3, -0.25) is 0 Å². The summed E-state index contributed by atoms with van der Waals surface area (Å²) in [5.41, 5.74) is 0. The molecule has 0 aliphatic carbocycles. The third-order valence-corrected chi connectivity index (χ3v) is 12.3. The molecule has 0 aliphatic rings. The smallest absolute Gasteiger partial charge is 0.257 e. The second-order valence-corrected chi connectivity index (χ2v) is 14.0. The van der Waals surface area contributed by atoms with Crippen molar-refractivity contribution in [3.63, 3.8) is 0 Å². The topological polar surface area (TPSA) is 43.4 Å². The van der Waals surface area contributed by atoms with Gasteiger partial charge in [-0.25, -0.2) is 8.42 Å². The van der Waals surface area contributed by atoms with Gasteiger partial charge in [0.15, 0.2) is 0 Å². The zero-order chi connectivity index (χ0) is 19.7. The Labute approximate surface area is 165 Å². The summed E-state index contributed by atoms with van der Waals surface area (Å²) in [5.74, 6) is 0.181. The molecule has 0 bridgehead atoms. The highest BCUT2D eigenvalue weighted by Gasteiger charge is 2.38. The summed E-state index contributed by atoms with van der Waals surface area (Å²) in [6.45, 7) is 8.60. The van der Waals surface area contributed by atoms with Crippen molar-refractivity contribution in [2.75, 3.05) is 5.75 Å². The summed E-state index contributed by atoms with van der Waals surface area (Å²) in [7, 11) is -5.56. The van der Waals surface area contributed by atoms with E-state index in [4.69, 9.17) is 3.87 Å². The molecular weight excluding hydrogens is 360 g/mol. The van der Waals surface area contributed by atoms with E-state index in [1.54, 1.807) is 0 Å². The van der Waals surface area contributed by atoms with Crippen LogP contribution in [0.3, 0.4) is 0 Å². The van der Waals surface area contributed by atoms with Crippen molar-refractivity contribution < 1.29 is 12.3 Å². The second kappa shape index (κ2) is 16.1. The lowest BCUT2D eigenvalue weighted by Crippen LogP contribution is -2.41. The maximum Gasteiger partial charge on any atom is 0.257 e. The molecule has 0 rings (SSSR count). The van der Waals surface area contributed by atoms with Crippen LogP contribution in [-0.2, 0) is 14.0 Å². The first-order valence-electron chi connectivity index (χ1n) is 11.4. The molecule has 0 spiro atoms. The van der Waals surface area contributed by atoms with E-state index in [9.17, 15) is 8.42 Å². The molecule has 5 heteroatoms. The minimum absolute atomic E-state index is 0.181. The third-order valence-electron chi connectivity index (χ3n) is 5.22. The van der Waals surface area contributed by atoms with E-state index >= 15 is 0 Å². The number of hydrogen-bond donors (Lipinski definition) is 0. The van der Waals surface area contributed by atoms with Gasteiger partial charge in [-0.15, -0.1) is 0 Å². The van der Waals surface area contributed by atoms with Gasteiger partial charge in [0.1, 0.15) is 0 Å². The van der Waals surface area contributed by atoms with Gasteiger partial charge in [-0.05, 0) is 24.6 Å². The average Bonchev–Trinajstić information content (AvgIpc) is 2.59. The third kappa shape index (κ3) is 13.3. The van der Waals surface area contributed by atoms with Crippen molar-refractivity contribution in [1.82, 2.24) is 0 Å². The van der Waals surface area contributed by atoms with Crippen molar-refractivity contribution in [3.05, 3.63) is 0 Å². The normalized spacial score (nSPS) is 12.6. The van der Waals surface area contributed by atoms with Crippen LogP contribution >= 0.6 is 0 Å². The molecule has 26 heavy (non-hydrogen) atoms. The van der Waals surface area contributed by atoms with Crippen LogP contribution in [-0.4, -0.2) is 22.5 Å². The van der Waals surface area contributed by atoms with Crippen LogP contribution in [0.5, 0.6) is 0 Å². The number of hydrogen-bond acceptors (Lipinski definition) is 3. The van der Waals surface area contributed by atoms with Gasteiger partial charge in [-0.2, -0.15) is 0 Å². The van der Waals surface area contributed by atoms with E-state index in [0.717, 1.165) is 37.4 Å². The summed E-state index contributed by atoms with van der Waals surface area (Å²) in [6, 6.07) is 3.11. The Bertz CT molecular complexity index is 378. The molecule has 158 valence electrons. The summed E-state index contributed by atoms with van der Waals surface area (Å²) in [5, 5.41) is 0. The first-order chi connectivity index (χ1) is 12.4. The average molecular weight is 407 g/mol. The molecule has 0 amide bonds.